The first-order chi connectivity index (χ1) is 16.6. The highest BCUT2D eigenvalue weighted by molar-refractivity contribution is 6.74. The minimum Gasteiger partial charge on any atom is -0.443 e. The minimum absolute atomic E-state index is 0.0325. The first kappa shape index (κ1) is 30.1. The molecule has 1 fully saturated rings. The Labute approximate surface area is 228 Å². The number of amides is 1. The largest absolute Gasteiger partial charge is 0.443 e. The molecule has 3 atom stereocenters. The molecule has 2 aliphatic rings. The molecule has 1 aromatic carbocycles. The third-order valence-corrected chi connectivity index (χ3v) is 17.8. The molecule has 37 heavy (non-hydrogen) atoms. The number of nitrogens with zero attached hydrogens (tertiary/aromatic N) is 1. The van der Waals surface area contributed by atoms with Crippen molar-refractivity contribution in [1.29, 1.82) is 0 Å². The van der Waals surface area contributed by atoms with Gasteiger partial charge in [0.15, 0.2) is 16.6 Å². The monoisotopic (exact) mass is 545 g/mol. The second kappa shape index (κ2) is 9.65. The number of benzene rings is 1. The molecular formula is C30H51NO4Si2. The lowest BCUT2D eigenvalue weighted by Crippen LogP contribution is -2.58. The smallest absolute Gasteiger partial charge is 0.415 e. The Morgan fingerprint density at radius 2 is 1.43 bits per heavy atom. The predicted octanol–water partition coefficient (Wildman–Crippen LogP) is 8.59. The van der Waals surface area contributed by atoms with Crippen LogP contribution >= 0.6 is 0 Å². The van der Waals surface area contributed by atoms with Crippen LogP contribution in [-0.4, -0.2) is 51.0 Å². The summed E-state index contributed by atoms with van der Waals surface area (Å²) in [4.78, 5) is 15.8. The van der Waals surface area contributed by atoms with Crippen molar-refractivity contribution in [3.63, 3.8) is 0 Å². The molecule has 1 saturated carbocycles. The molecule has 1 heterocycles. The molecule has 0 unspecified atom stereocenters. The van der Waals surface area contributed by atoms with Gasteiger partial charge >= 0.3 is 6.09 Å². The number of rotatable bonds is 5. The van der Waals surface area contributed by atoms with Gasteiger partial charge in [0.1, 0.15) is 11.2 Å². The summed E-state index contributed by atoms with van der Waals surface area (Å²) in [5, 5.41) is 0.0916. The van der Waals surface area contributed by atoms with Gasteiger partial charge in [-0.3, -0.25) is 4.90 Å². The van der Waals surface area contributed by atoms with E-state index in [1.54, 1.807) is 0 Å². The van der Waals surface area contributed by atoms with Gasteiger partial charge in [0.25, 0.3) is 0 Å². The van der Waals surface area contributed by atoms with Crippen LogP contribution in [0.25, 0.3) is 5.70 Å². The topological polar surface area (TPSA) is 48.0 Å². The van der Waals surface area contributed by atoms with Crippen LogP contribution in [0.3, 0.4) is 0 Å². The van der Waals surface area contributed by atoms with Gasteiger partial charge in [-0.1, -0.05) is 71.9 Å². The van der Waals surface area contributed by atoms with Gasteiger partial charge in [0.05, 0.1) is 17.8 Å². The molecule has 208 valence electrons. The number of fused-ring (bicyclic) bond motifs is 1. The second-order valence-corrected chi connectivity index (χ2v) is 24.4. The Balaban J connectivity index is 2.19. The molecule has 5 nitrogen and oxygen atoms in total. The van der Waals surface area contributed by atoms with Crippen molar-refractivity contribution in [2.24, 2.45) is 0 Å². The van der Waals surface area contributed by atoms with E-state index >= 15 is 0 Å². The number of carbonyl (C=O) groups excluding carboxylic acids is 1. The van der Waals surface area contributed by atoms with Crippen LogP contribution in [-0.2, 0) is 13.6 Å². The second-order valence-electron chi connectivity index (χ2n) is 15.0. The van der Waals surface area contributed by atoms with E-state index in [1.165, 1.54) is 0 Å². The van der Waals surface area contributed by atoms with Crippen molar-refractivity contribution < 1.29 is 18.4 Å². The van der Waals surface area contributed by atoms with E-state index in [1.807, 2.05) is 43.9 Å². The van der Waals surface area contributed by atoms with Gasteiger partial charge < -0.3 is 13.6 Å². The third kappa shape index (κ3) is 6.10. The molecule has 0 spiro atoms. The van der Waals surface area contributed by atoms with Crippen LogP contribution in [0.2, 0.25) is 36.3 Å². The van der Waals surface area contributed by atoms with Gasteiger partial charge in [-0.15, -0.1) is 0 Å². The van der Waals surface area contributed by atoms with E-state index in [-0.39, 0.29) is 28.3 Å². The number of hydrogen-bond acceptors (Lipinski definition) is 4. The highest BCUT2D eigenvalue weighted by Crippen LogP contribution is 2.54. The number of ether oxygens (including phenoxy) is 1. The number of carbonyl (C=O) groups is 1. The zero-order valence-corrected chi connectivity index (χ0v) is 27.6. The first-order valence-electron chi connectivity index (χ1n) is 13.8. The van der Waals surface area contributed by atoms with Crippen molar-refractivity contribution in [2.75, 3.05) is 0 Å². The van der Waals surface area contributed by atoms with E-state index < -0.39 is 27.8 Å². The van der Waals surface area contributed by atoms with E-state index in [0.717, 1.165) is 24.1 Å². The SMILES string of the molecule is CC(C)(C)OC(=O)N1C(c2ccccc2)=C[C@@]2(O[Si](C)(C)C(C)(C)C)CC[C@H](O[Si](C)(C)C(C)(C)C)[C@@H]12. The maximum Gasteiger partial charge on any atom is 0.415 e. The molecule has 7 heteroatoms. The van der Waals surface area contributed by atoms with E-state index in [9.17, 15) is 4.79 Å². The van der Waals surface area contributed by atoms with Crippen molar-refractivity contribution in [3.05, 3.63) is 42.0 Å². The van der Waals surface area contributed by atoms with Crippen LogP contribution in [0.15, 0.2) is 36.4 Å². The molecule has 1 amide bonds. The average Bonchev–Trinajstić information content (AvgIpc) is 3.19. The van der Waals surface area contributed by atoms with Crippen LogP contribution in [0.1, 0.15) is 80.7 Å². The zero-order chi connectivity index (χ0) is 28.2. The van der Waals surface area contributed by atoms with Gasteiger partial charge in [-0.05, 0) is 81.5 Å². The van der Waals surface area contributed by atoms with Gasteiger partial charge in [-0.25, -0.2) is 4.79 Å². The quantitative estimate of drug-likeness (QED) is 0.348. The fourth-order valence-electron chi connectivity index (χ4n) is 4.78. The zero-order valence-electron chi connectivity index (χ0n) is 25.6. The summed E-state index contributed by atoms with van der Waals surface area (Å²) in [5.74, 6) is 0. The molecule has 0 aromatic heterocycles. The fraction of sp³-hybridized carbons (Fsp3) is 0.700. The Kier molecular flexibility index (Phi) is 7.86. The van der Waals surface area contributed by atoms with E-state index in [2.05, 4.69) is 85.9 Å². The molecule has 3 rings (SSSR count). The highest BCUT2D eigenvalue weighted by Gasteiger charge is 2.62. The Morgan fingerprint density at radius 3 is 1.92 bits per heavy atom. The van der Waals surface area contributed by atoms with E-state index in [0.29, 0.717) is 0 Å². The van der Waals surface area contributed by atoms with E-state index in [4.69, 9.17) is 13.6 Å². The summed E-state index contributed by atoms with van der Waals surface area (Å²) in [6.45, 7) is 28.5. The first-order valence-corrected chi connectivity index (χ1v) is 19.6. The minimum atomic E-state index is -2.20. The molecule has 1 aromatic rings. The van der Waals surface area contributed by atoms with Crippen LogP contribution in [0.5, 0.6) is 0 Å². The van der Waals surface area contributed by atoms with Gasteiger partial charge in [0.2, 0.25) is 0 Å². The lowest BCUT2D eigenvalue weighted by atomic mass is 9.99. The molecular weight excluding hydrogens is 495 g/mol. The standard InChI is InChI=1S/C30H51NO4Si2/c1-27(2,3)33-26(32)31-23(22-17-15-14-16-18-22)21-30(35-37(12,13)29(7,8)9)20-19-24(25(30)31)34-36(10,11)28(4,5)6/h14-18,21,24-25H,19-20H2,1-13H3/t24-,25+,30-/m0/s1. The van der Waals surface area contributed by atoms with Crippen LogP contribution in [0, 0.1) is 0 Å². The van der Waals surface area contributed by atoms with Crippen molar-refractivity contribution in [3.8, 4) is 0 Å². The highest BCUT2D eigenvalue weighted by atomic mass is 28.4. The van der Waals surface area contributed by atoms with Gasteiger partial charge in [0, 0.05) is 0 Å². The van der Waals surface area contributed by atoms with Crippen molar-refractivity contribution >= 4 is 28.4 Å². The summed E-state index contributed by atoms with van der Waals surface area (Å²) in [6, 6.07) is 9.89. The maximum atomic E-state index is 14.0. The summed E-state index contributed by atoms with van der Waals surface area (Å²) in [7, 11) is -4.32. The molecule has 1 aliphatic carbocycles. The van der Waals surface area contributed by atoms with Gasteiger partial charge in [-0.2, -0.15) is 0 Å². The normalized spacial score (nSPS) is 25.2. The lowest BCUT2D eigenvalue weighted by molar-refractivity contribution is -0.00812. The number of hydrogen-bond donors (Lipinski definition) is 0. The van der Waals surface area contributed by atoms with Crippen molar-refractivity contribution in [1.82, 2.24) is 4.90 Å². The molecule has 0 bridgehead atoms. The van der Waals surface area contributed by atoms with Crippen LogP contribution in [0.4, 0.5) is 4.79 Å². The molecule has 0 radical (unpaired) electrons. The Hall–Kier alpha value is -1.42. The van der Waals surface area contributed by atoms with Crippen molar-refractivity contribution in [2.45, 2.75) is 135 Å². The predicted molar refractivity (Wildman–Crippen MR) is 159 cm³/mol. The fourth-order valence-corrected chi connectivity index (χ4v) is 7.68. The maximum absolute atomic E-state index is 14.0. The summed E-state index contributed by atoms with van der Waals surface area (Å²) in [5.41, 5.74) is 0.630. The molecule has 1 aliphatic heterocycles. The molecule has 0 saturated heterocycles. The summed E-state index contributed by atoms with van der Waals surface area (Å²) < 4.78 is 20.4. The Bertz CT molecular complexity index is 1010. The molecule has 0 N–H and O–H groups in total. The average molecular weight is 546 g/mol. The lowest BCUT2D eigenvalue weighted by Gasteiger charge is -2.46. The summed E-state index contributed by atoms with van der Waals surface area (Å²) >= 11 is 0. The third-order valence-electron chi connectivity index (χ3n) is 8.75. The van der Waals surface area contributed by atoms with Crippen LogP contribution < -0.4 is 0 Å². The Morgan fingerprint density at radius 1 is 0.892 bits per heavy atom. The summed E-state index contributed by atoms with van der Waals surface area (Å²) in [6.07, 6.45) is 3.43.